The molecule has 2 N–H and O–H groups in total. The summed E-state index contributed by atoms with van der Waals surface area (Å²) < 4.78 is 5.06. The molecule has 20 heavy (non-hydrogen) atoms. The lowest BCUT2D eigenvalue weighted by Gasteiger charge is -2.21. The van der Waals surface area contributed by atoms with E-state index < -0.39 is 23.6 Å². The van der Waals surface area contributed by atoms with Gasteiger partial charge in [0.15, 0.2) is 0 Å². The highest BCUT2D eigenvalue weighted by Gasteiger charge is 2.22. The first-order chi connectivity index (χ1) is 9.19. The Morgan fingerprint density at radius 1 is 1.30 bits per heavy atom. The number of carbonyl (C=O) groups is 2. The van der Waals surface area contributed by atoms with Gasteiger partial charge in [0.05, 0.1) is 5.92 Å². The first-order valence-electron chi connectivity index (χ1n) is 6.14. The summed E-state index contributed by atoms with van der Waals surface area (Å²) in [6.07, 6.45) is -0.641. The van der Waals surface area contributed by atoms with E-state index in [0.29, 0.717) is 10.6 Å². The molecule has 0 aliphatic rings. The number of rotatable bonds is 4. The third-order valence-electron chi connectivity index (χ3n) is 2.42. The summed E-state index contributed by atoms with van der Waals surface area (Å²) >= 11 is 5.76. The fraction of sp³-hybridized carbons (Fsp3) is 0.429. The normalized spacial score (nSPS) is 12.6. The van der Waals surface area contributed by atoms with Gasteiger partial charge in [0.2, 0.25) is 0 Å². The smallest absolute Gasteiger partial charge is 0.407 e. The van der Waals surface area contributed by atoms with Gasteiger partial charge in [-0.15, -0.1) is 0 Å². The Balaban J connectivity index is 2.67. The van der Waals surface area contributed by atoms with E-state index >= 15 is 0 Å². The van der Waals surface area contributed by atoms with Gasteiger partial charge in [-0.3, -0.25) is 4.79 Å². The zero-order chi connectivity index (χ0) is 15.3. The van der Waals surface area contributed by atoms with Crippen molar-refractivity contribution in [3.8, 4) is 0 Å². The predicted molar refractivity (Wildman–Crippen MR) is 76.1 cm³/mol. The van der Waals surface area contributed by atoms with Crippen LogP contribution in [-0.4, -0.2) is 29.3 Å². The zero-order valence-corrected chi connectivity index (χ0v) is 12.4. The number of carboxylic acids is 1. The molecule has 1 rings (SSSR count). The Morgan fingerprint density at radius 3 is 2.30 bits per heavy atom. The summed E-state index contributed by atoms with van der Waals surface area (Å²) in [5, 5.41) is 12.2. The predicted octanol–water partition coefficient (Wildman–Crippen LogP) is 3.03. The number of ether oxygens (including phenoxy) is 1. The fourth-order valence-electron chi connectivity index (χ4n) is 1.54. The Bertz CT molecular complexity index is 479. The molecule has 5 nitrogen and oxygen atoms in total. The highest BCUT2D eigenvalue weighted by Crippen LogP contribution is 2.18. The van der Waals surface area contributed by atoms with E-state index in [1.165, 1.54) is 0 Å². The maximum Gasteiger partial charge on any atom is 0.407 e. The minimum Gasteiger partial charge on any atom is -0.481 e. The summed E-state index contributed by atoms with van der Waals surface area (Å²) in [6.45, 7) is 5.16. The van der Waals surface area contributed by atoms with E-state index in [-0.39, 0.29) is 6.54 Å². The molecule has 1 unspecified atom stereocenters. The van der Waals surface area contributed by atoms with Crippen molar-refractivity contribution in [2.24, 2.45) is 0 Å². The molecule has 110 valence electrons. The molecule has 6 heteroatoms. The average molecular weight is 300 g/mol. The lowest BCUT2D eigenvalue weighted by Crippen LogP contribution is -2.36. The van der Waals surface area contributed by atoms with Gasteiger partial charge in [0, 0.05) is 11.6 Å². The quantitative estimate of drug-likeness (QED) is 0.896. The first kappa shape index (κ1) is 16.3. The second-order valence-corrected chi connectivity index (χ2v) is 5.76. The Kier molecular flexibility index (Phi) is 5.39. The number of aliphatic carboxylic acids is 1. The van der Waals surface area contributed by atoms with Gasteiger partial charge in [-0.25, -0.2) is 4.79 Å². The van der Waals surface area contributed by atoms with Crippen molar-refractivity contribution < 1.29 is 19.4 Å². The second-order valence-electron chi connectivity index (χ2n) is 5.33. The van der Waals surface area contributed by atoms with E-state index in [1.54, 1.807) is 45.0 Å². The van der Waals surface area contributed by atoms with Gasteiger partial charge in [0.25, 0.3) is 0 Å². The Hall–Kier alpha value is -1.75. The van der Waals surface area contributed by atoms with Crippen molar-refractivity contribution in [2.45, 2.75) is 32.3 Å². The summed E-state index contributed by atoms with van der Waals surface area (Å²) in [6, 6.07) is 6.47. The van der Waals surface area contributed by atoms with Gasteiger partial charge >= 0.3 is 12.1 Å². The van der Waals surface area contributed by atoms with Crippen molar-refractivity contribution in [1.82, 2.24) is 5.32 Å². The van der Waals surface area contributed by atoms with Crippen LogP contribution in [0.4, 0.5) is 4.79 Å². The van der Waals surface area contributed by atoms with Crippen molar-refractivity contribution in [2.75, 3.05) is 6.54 Å². The Morgan fingerprint density at radius 2 is 1.85 bits per heavy atom. The van der Waals surface area contributed by atoms with Crippen LogP contribution >= 0.6 is 11.6 Å². The molecule has 0 aliphatic heterocycles. The molecule has 1 aromatic rings. The summed E-state index contributed by atoms with van der Waals surface area (Å²) in [4.78, 5) is 22.8. The van der Waals surface area contributed by atoms with Gasteiger partial charge in [0.1, 0.15) is 5.60 Å². The van der Waals surface area contributed by atoms with Crippen LogP contribution in [0.15, 0.2) is 24.3 Å². The highest BCUT2D eigenvalue weighted by molar-refractivity contribution is 6.30. The van der Waals surface area contributed by atoms with Gasteiger partial charge in [-0.2, -0.15) is 0 Å². The van der Waals surface area contributed by atoms with E-state index in [0.717, 1.165) is 0 Å². The lowest BCUT2D eigenvalue weighted by molar-refractivity contribution is -0.138. The molecule has 0 radical (unpaired) electrons. The molecule has 1 aromatic carbocycles. The molecular weight excluding hydrogens is 282 g/mol. The van der Waals surface area contributed by atoms with Crippen LogP contribution in [0.3, 0.4) is 0 Å². The van der Waals surface area contributed by atoms with Gasteiger partial charge in [-0.1, -0.05) is 23.7 Å². The maximum absolute atomic E-state index is 11.5. The summed E-state index contributed by atoms with van der Waals surface area (Å²) in [5.74, 6) is -1.87. The minimum absolute atomic E-state index is 0.0497. The average Bonchev–Trinajstić information content (AvgIpc) is 2.29. The monoisotopic (exact) mass is 299 g/mol. The first-order valence-corrected chi connectivity index (χ1v) is 6.52. The molecule has 0 saturated heterocycles. The number of carboxylic acid groups (broad SMARTS) is 1. The molecule has 1 atom stereocenters. The number of alkyl carbamates (subject to hydrolysis) is 1. The highest BCUT2D eigenvalue weighted by atomic mass is 35.5. The van der Waals surface area contributed by atoms with E-state index in [2.05, 4.69) is 5.32 Å². The molecule has 0 fully saturated rings. The van der Waals surface area contributed by atoms with E-state index in [9.17, 15) is 14.7 Å². The molecule has 0 spiro atoms. The molecule has 0 heterocycles. The molecule has 0 aromatic heterocycles. The topological polar surface area (TPSA) is 75.6 Å². The van der Waals surface area contributed by atoms with Crippen molar-refractivity contribution in [3.63, 3.8) is 0 Å². The lowest BCUT2D eigenvalue weighted by atomic mass is 9.99. The van der Waals surface area contributed by atoms with Crippen LogP contribution in [-0.2, 0) is 9.53 Å². The third kappa shape index (κ3) is 5.48. The van der Waals surface area contributed by atoms with Crippen LogP contribution in [0.25, 0.3) is 0 Å². The number of amides is 1. The largest absolute Gasteiger partial charge is 0.481 e. The molecule has 1 amide bonds. The van der Waals surface area contributed by atoms with Crippen LogP contribution in [0.5, 0.6) is 0 Å². The van der Waals surface area contributed by atoms with E-state index in [1.807, 2.05) is 0 Å². The van der Waals surface area contributed by atoms with Crippen LogP contribution in [0.2, 0.25) is 5.02 Å². The number of hydrogen-bond acceptors (Lipinski definition) is 3. The van der Waals surface area contributed by atoms with Crippen molar-refractivity contribution >= 4 is 23.7 Å². The van der Waals surface area contributed by atoms with Crippen LogP contribution in [0.1, 0.15) is 32.3 Å². The Labute approximate surface area is 122 Å². The SMILES string of the molecule is CC(C)(C)OC(=O)NCC(C(=O)O)c1ccc(Cl)cc1. The van der Waals surface area contributed by atoms with Crippen molar-refractivity contribution in [3.05, 3.63) is 34.9 Å². The minimum atomic E-state index is -1.02. The number of halogens is 1. The third-order valence-corrected chi connectivity index (χ3v) is 2.67. The number of carbonyl (C=O) groups excluding carboxylic acids is 1. The molecular formula is C14H18ClNO4. The fourth-order valence-corrected chi connectivity index (χ4v) is 1.67. The summed E-state index contributed by atoms with van der Waals surface area (Å²) in [5.41, 5.74) is -0.0544. The van der Waals surface area contributed by atoms with Gasteiger partial charge in [-0.05, 0) is 38.5 Å². The van der Waals surface area contributed by atoms with Crippen LogP contribution < -0.4 is 5.32 Å². The summed E-state index contributed by atoms with van der Waals surface area (Å²) in [7, 11) is 0. The number of nitrogens with one attached hydrogen (secondary N) is 1. The number of hydrogen-bond donors (Lipinski definition) is 2. The number of benzene rings is 1. The maximum atomic E-state index is 11.5. The van der Waals surface area contributed by atoms with Gasteiger partial charge < -0.3 is 15.2 Å². The standard InChI is InChI=1S/C14H18ClNO4/c1-14(2,3)20-13(19)16-8-11(12(17)18)9-4-6-10(15)7-5-9/h4-7,11H,8H2,1-3H3,(H,16,19)(H,17,18). The van der Waals surface area contributed by atoms with Crippen molar-refractivity contribution in [1.29, 1.82) is 0 Å². The molecule has 0 aliphatic carbocycles. The van der Waals surface area contributed by atoms with Crippen LogP contribution in [0, 0.1) is 0 Å². The molecule has 0 saturated carbocycles. The molecule has 0 bridgehead atoms. The van der Waals surface area contributed by atoms with E-state index in [4.69, 9.17) is 16.3 Å². The second kappa shape index (κ2) is 6.61. The zero-order valence-electron chi connectivity index (χ0n) is 11.6.